The second-order valence-corrected chi connectivity index (χ2v) is 7.16. The number of benzene rings is 1. The van der Waals surface area contributed by atoms with E-state index in [-0.39, 0.29) is 18.3 Å². The van der Waals surface area contributed by atoms with Gasteiger partial charge in [-0.25, -0.2) is 0 Å². The molecule has 1 aromatic carbocycles. The summed E-state index contributed by atoms with van der Waals surface area (Å²) in [7, 11) is 0. The molecule has 1 fully saturated rings. The topological polar surface area (TPSA) is 32.7 Å². The maximum atomic E-state index is 10.4. The van der Waals surface area contributed by atoms with Crippen LogP contribution in [0.5, 0.6) is 0 Å². The van der Waals surface area contributed by atoms with Gasteiger partial charge in [-0.05, 0) is 43.7 Å². The van der Waals surface area contributed by atoms with Crippen molar-refractivity contribution in [2.24, 2.45) is 5.92 Å². The normalized spacial score (nSPS) is 24.6. The van der Waals surface area contributed by atoms with Crippen LogP contribution in [0.1, 0.15) is 51.3 Å². The highest BCUT2D eigenvalue weighted by molar-refractivity contribution is 5.24. The number of morpholine rings is 1. The van der Waals surface area contributed by atoms with Crippen LogP contribution in [-0.2, 0) is 11.2 Å². The predicted molar refractivity (Wildman–Crippen MR) is 91.0 cm³/mol. The van der Waals surface area contributed by atoms with Crippen molar-refractivity contribution in [2.45, 2.75) is 58.8 Å². The smallest absolute Gasteiger partial charge is 0.0802 e. The first-order valence-electron chi connectivity index (χ1n) is 8.58. The molecule has 0 aliphatic carbocycles. The lowest BCUT2D eigenvalue weighted by molar-refractivity contribution is -0.0702. The maximum absolute atomic E-state index is 10.4. The first kappa shape index (κ1) is 17.5. The van der Waals surface area contributed by atoms with Gasteiger partial charge in [0.25, 0.3) is 0 Å². The fourth-order valence-corrected chi connectivity index (χ4v) is 3.29. The van der Waals surface area contributed by atoms with E-state index in [9.17, 15) is 5.11 Å². The lowest BCUT2D eigenvalue weighted by atomic mass is 9.99. The zero-order valence-electron chi connectivity index (χ0n) is 14.5. The van der Waals surface area contributed by atoms with E-state index in [4.69, 9.17) is 4.74 Å². The van der Waals surface area contributed by atoms with Gasteiger partial charge in [0.15, 0.2) is 0 Å². The summed E-state index contributed by atoms with van der Waals surface area (Å²) in [6.07, 6.45) is 2.08. The largest absolute Gasteiger partial charge is 0.388 e. The van der Waals surface area contributed by atoms with Crippen LogP contribution < -0.4 is 0 Å². The number of hydrogen-bond acceptors (Lipinski definition) is 3. The molecule has 0 saturated carbocycles. The second-order valence-electron chi connectivity index (χ2n) is 7.16. The number of aliphatic hydroxyl groups is 1. The summed E-state index contributed by atoms with van der Waals surface area (Å²) >= 11 is 0. The number of nitrogens with zero attached hydrogens (tertiary/aromatic N) is 1. The van der Waals surface area contributed by atoms with Gasteiger partial charge in [-0.3, -0.25) is 4.90 Å². The standard InChI is InChI=1S/C19H31NO2/c1-14(2)11-17-5-7-18(8-6-17)19(21)9-10-20-12-15(3)22-16(4)13-20/h5-8,14-16,19,21H,9-13H2,1-4H3. The van der Waals surface area contributed by atoms with Crippen LogP contribution in [0.2, 0.25) is 0 Å². The molecule has 22 heavy (non-hydrogen) atoms. The molecule has 1 aliphatic rings. The summed E-state index contributed by atoms with van der Waals surface area (Å²) < 4.78 is 5.75. The quantitative estimate of drug-likeness (QED) is 0.874. The van der Waals surface area contributed by atoms with E-state index in [0.29, 0.717) is 5.92 Å². The van der Waals surface area contributed by atoms with E-state index < -0.39 is 0 Å². The monoisotopic (exact) mass is 305 g/mol. The molecule has 124 valence electrons. The molecule has 0 radical (unpaired) electrons. The Labute approximate surface area is 135 Å². The second kappa shape index (κ2) is 8.09. The fourth-order valence-electron chi connectivity index (χ4n) is 3.29. The Morgan fingerprint density at radius 3 is 2.27 bits per heavy atom. The van der Waals surface area contributed by atoms with Gasteiger partial charge in [-0.15, -0.1) is 0 Å². The third-order valence-electron chi connectivity index (χ3n) is 4.22. The molecule has 0 aromatic heterocycles. The minimum absolute atomic E-state index is 0.288. The number of hydrogen-bond donors (Lipinski definition) is 1. The highest BCUT2D eigenvalue weighted by Gasteiger charge is 2.22. The predicted octanol–water partition coefficient (Wildman–Crippen LogP) is 3.42. The summed E-state index contributed by atoms with van der Waals surface area (Å²) in [6.45, 7) is 11.5. The Hall–Kier alpha value is -0.900. The molecule has 2 rings (SSSR count). The molecular weight excluding hydrogens is 274 g/mol. The van der Waals surface area contributed by atoms with E-state index in [0.717, 1.165) is 38.0 Å². The summed E-state index contributed by atoms with van der Waals surface area (Å²) in [4.78, 5) is 2.40. The van der Waals surface area contributed by atoms with Gasteiger partial charge >= 0.3 is 0 Å². The van der Waals surface area contributed by atoms with Crippen LogP contribution in [-0.4, -0.2) is 41.8 Å². The molecule has 3 atom stereocenters. The van der Waals surface area contributed by atoms with Crippen molar-refractivity contribution >= 4 is 0 Å². The third-order valence-corrected chi connectivity index (χ3v) is 4.22. The van der Waals surface area contributed by atoms with Crippen molar-refractivity contribution in [3.8, 4) is 0 Å². The van der Waals surface area contributed by atoms with E-state index in [2.05, 4.69) is 56.9 Å². The average Bonchev–Trinajstić information content (AvgIpc) is 2.44. The van der Waals surface area contributed by atoms with E-state index in [1.165, 1.54) is 5.56 Å². The van der Waals surface area contributed by atoms with Crippen LogP contribution in [0.3, 0.4) is 0 Å². The molecule has 1 saturated heterocycles. The molecule has 0 spiro atoms. The molecule has 1 heterocycles. The lowest BCUT2D eigenvalue weighted by Gasteiger charge is -2.35. The van der Waals surface area contributed by atoms with Crippen molar-refractivity contribution in [1.82, 2.24) is 4.90 Å². The molecule has 1 aliphatic heterocycles. The number of rotatable bonds is 6. The van der Waals surface area contributed by atoms with Gasteiger partial charge in [0, 0.05) is 19.6 Å². The molecule has 3 nitrogen and oxygen atoms in total. The van der Waals surface area contributed by atoms with Crippen LogP contribution >= 0.6 is 0 Å². The SMILES string of the molecule is CC(C)Cc1ccc(C(O)CCN2CC(C)OC(C)C2)cc1. The number of aliphatic hydroxyl groups excluding tert-OH is 1. The summed E-state index contributed by atoms with van der Waals surface area (Å²) in [6, 6.07) is 8.45. The van der Waals surface area contributed by atoms with Crippen molar-refractivity contribution in [2.75, 3.05) is 19.6 Å². The summed E-state index contributed by atoms with van der Waals surface area (Å²) in [5.41, 5.74) is 2.38. The van der Waals surface area contributed by atoms with Gasteiger partial charge in [-0.2, -0.15) is 0 Å². The fraction of sp³-hybridized carbons (Fsp3) is 0.684. The minimum Gasteiger partial charge on any atom is -0.388 e. The Morgan fingerprint density at radius 2 is 1.73 bits per heavy atom. The van der Waals surface area contributed by atoms with Crippen molar-refractivity contribution < 1.29 is 9.84 Å². The third kappa shape index (κ3) is 5.38. The Kier molecular flexibility index (Phi) is 6.42. The zero-order chi connectivity index (χ0) is 16.1. The highest BCUT2D eigenvalue weighted by atomic mass is 16.5. The van der Waals surface area contributed by atoms with Crippen LogP contribution in [0, 0.1) is 5.92 Å². The lowest BCUT2D eigenvalue weighted by Crippen LogP contribution is -2.45. The molecular formula is C19H31NO2. The van der Waals surface area contributed by atoms with Gasteiger partial charge in [0.2, 0.25) is 0 Å². The van der Waals surface area contributed by atoms with Crippen LogP contribution in [0.25, 0.3) is 0 Å². The van der Waals surface area contributed by atoms with Crippen molar-refractivity contribution in [1.29, 1.82) is 0 Å². The molecule has 0 amide bonds. The molecule has 0 bridgehead atoms. The minimum atomic E-state index is -0.374. The van der Waals surface area contributed by atoms with Crippen LogP contribution in [0.4, 0.5) is 0 Å². The summed E-state index contributed by atoms with van der Waals surface area (Å²) in [5, 5.41) is 10.4. The zero-order valence-corrected chi connectivity index (χ0v) is 14.5. The van der Waals surface area contributed by atoms with Crippen molar-refractivity contribution in [3.63, 3.8) is 0 Å². The van der Waals surface area contributed by atoms with E-state index >= 15 is 0 Å². The average molecular weight is 305 g/mol. The van der Waals surface area contributed by atoms with Crippen LogP contribution in [0.15, 0.2) is 24.3 Å². The Bertz CT molecular complexity index is 433. The van der Waals surface area contributed by atoms with Gasteiger partial charge < -0.3 is 9.84 Å². The Morgan fingerprint density at radius 1 is 1.14 bits per heavy atom. The van der Waals surface area contributed by atoms with E-state index in [1.54, 1.807) is 0 Å². The number of ether oxygens (including phenoxy) is 1. The van der Waals surface area contributed by atoms with Gasteiger partial charge in [0.1, 0.15) is 0 Å². The molecule has 3 heteroatoms. The van der Waals surface area contributed by atoms with Gasteiger partial charge in [-0.1, -0.05) is 38.1 Å². The molecule has 1 N–H and O–H groups in total. The van der Waals surface area contributed by atoms with Gasteiger partial charge in [0.05, 0.1) is 18.3 Å². The van der Waals surface area contributed by atoms with E-state index in [1.807, 2.05) is 0 Å². The molecule has 3 unspecified atom stereocenters. The maximum Gasteiger partial charge on any atom is 0.0802 e. The first-order valence-corrected chi connectivity index (χ1v) is 8.58. The Balaban J connectivity index is 1.82. The summed E-state index contributed by atoms with van der Waals surface area (Å²) in [5.74, 6) is 0.668. The van der Waals surface area contributed by atoms with Crippen molar-refractivity contribution in [3.05, 3.63) is 35.4 Å². The molecule has 1 aromatic rings. The first-order chi connectivity index (χ1) is 10.4. The highest BCUT2D eigenvalue weighted by Crippen LogP contribution is 2.20.